The number of nitrogens with zero attached hydrogens (tertiary/aromatic N) is 5. The fourth-order valence-corrected chi connectivity index (χ4v) is 5.06. The Kier molecular flexibility index (Phi) is 7.22. The van der Waals surface area contributed by atoms with Gasteiger partial charge in [0.15, 0.2) is 5.82 Å². The molecule has 1 saturated heterocycles. The maximum absolute atomic E-state index is 14.8. The Bertz CT molecular complexity index is 1570. The first kappa shape index (κ1) is 29.1. The summed E-state index contributed by atoms with van der Waals surface area (Å²) < 4.78 is 89.1. The molecule has 11 nitrogen and oxygen atoms in total. The number of amides is 3. The van der Waals surface area contributed by atoms with Crippen molar-refractivity contribution < 1.29 is 45.5 Å². The standard InChI is InChI=1S/C25H23F6N7O4/c1-11(39)35-20-19-15(25(29,30)31)4-18(38(19)34-10-33-20)12-3-14(22(42-2)32-7-12)21(40)36-17-9-37(8-16(17)26)23(41)13-5-24(27,28)6-13/h3-4,7,10,13,16-17H,5-6,8-9H2,1-2H3,(H,36,40)(H,33,34,35,39). The minimum Gasteiger partial charge on any atom is -0.480 e. The van der Waals surface area contributed by atoms with Crippen LogP contribution in [0.5, 0.6) is 5.88 Å². The average molecular weight is 599 g/mol. The van der Waals surface area contributed by atoms with Crippen molar-refractivity contribution in [3.8, 4) is 17.1 Å². The number of likely N-dealkylation sites (tertiary alicyclic amines) is 1. The number of rotatable bonds is 6. The predicted molar refractivity (Wildman–Crippen MR) is 132 cm³/mol. The van der Waals surface area contributed by atoms with Crippen molar-refractivity contribution in [3.05, 3.63) is 35.8 Å². The van der Waals surface area contributed by atoms with Crippen LogP contribution >= 0.6 is 0 Å². The Labute approximate surface area is 233 Å². The fourth-order valence-electron chi connectivity index (χ4n) is 5.06. The van der Waals surface area contributed by atoms with E-state index in [4.69, 9.17) is 4.74 Å². The zero-order valence-corrected chi connectivity index (χ0v) is 22.0. The summed E-state index contributed by atoms with van der Waals surface area (Å²) in [6, 6.07) is 0.738. The smallest absolute Gasteiger partial charge is 0.418 e. The maximum Gasteiger partial charge on any atom is 0.418 e. The molecule has 17 heteroatoms. The van der Waals surface area contributed by atoms with Crippen molar-refractivity contribution >= 4 is 29.1 Å². The largest absolute Gasteiger partial charge is 0.480 e. The first-order valence-corrected chi connectivity index (χ1v) is 12.6. The second-order valence-electron chi connectivity index (χ2n) is 10.1. The third-order valence-electron chi connectivity index (χ3n) is 7.06. The number of halogens is 6. The molecule has 3 amide bonds. The van der Waals surface area contributed by atoms with E-state index in [1.165, 1.54) is 13.2 Å². The Morgan fingerprint density at radius 1 is 1.12 bits per heavy atom. The van der Waals surface area contributed by atoms with E-state index in [9.17, 15) is 40.7 Å². The van der Waals surface area contributed by atoms with E-state index in [1.807, 2.05) is 0 Å². The van der Waals surface area contributed by atoms with Gasteiger partial charge < -0.3 is 20.3 Å². The first-order valence-electron chi connectivity index (χ1n) is 12.6. The number of pyridine rings is 1. The molecule has 4 heterocycles. The van der Waals surface area contributed by atoms with Gasteiger partial charge in [0.1, 0.15) is 23.6 Å². The van der Waals surface area contributed by atoms with Gasteiger partial charge >= 0.3 is 6.18 Å². The van der Waals surface area contributed by atoms with E-state index < -0.39 is 84.2 Å². The molecule has 0 aromatic carbocycles. The number of alkyl halides is 6. The highest BCUT2D eigenvalue weighted by Crippen LogP contribution is 2.44. The molecule has 1 saturated carbocycles. The topological polar surface area (TPSA) is 131 Å². The van der Waals surface area contributed by atoms with Crippen molar-refractivity contribution in [3.63, 3.8) is 0 Å². The van der Waals surface area contributed by atoms with Gasteiger partial charge in [-0.2, -0.15) is 18.3 Å². The molecule has 2 fully saturated rings. The van der Waals surface area contributed by atoms with E-state index >= 15 is 0 Å². The van der Waals surface area contributed by atoms with Crippen molar-refractivity contribution in [2.45, 2.75) is 44.1 Å². The number of aromatic nitrogens is 4. The zero-order valence-electron chi connectivity index (χ0n) is 22.0. The summed E-state index contributed by atoms with van der Waals surface area (Å²) in [4.78, 5) is 46.1. The number of ether oxygens (including phenoxy) is 1. The number of nitrogens with one attached hydrogen (secondary N) is 2. The minimum absolute atomic E-state index is 0.00939. The van der Waals surface area contributed by atoms with Crippen LogP contribution in [0.15, 0.2) is 24.7 Å². The third kappa shape index (κ3) is 5.42. The molecule has 0 spiro atoms. The molecule has 224 valence electrons. The molecular formula is C25H23F6N7O4. The van der Waals surface area contributed by atoms with Crippen LogP contribution in [-0.2, 0) is 15.8 Å². The molecule has 5 rings (SSSR count). The SMILES string of the molecule is COc1ncc(-c2cc(C(F)(F)F)c3c(NC(C)=O)ncnn23)cc1C(=O)NC1CN(C(=O)C2CC(F)(F)C2)CC1F. The first-order chi connectivity index (χ1) is 19.7. The predicted octanol–water partition coefficient (Wildman–Crippen LogP) is 3.10. The van der Waals surface area contributed by atoms with Crippen LogP contribution in [0.2, 0.25) is 0 Å². The number of anilines is 1. The summed E-state index contributed by atoms with van der Waals surface area (Å²) in [5.41, 5.74) is -2.13. The van der Waals surface area contributed by atoms with Gasteiger partial charge in [-0.3, -0.25) is 14.4 Å². The molecule has 3 aromatic rings. The number of carbonyl (C=O) groups is 3. The molecular weight excluding hydrogens is 576 g/mol. The Morgan fingerprint density at radius 3 is 2.45 bits per heavy atom. The van der Waals surface area contributed by atoms with Crippen LogP contribution in [0.3, 0.4) is 0 Å². The number of carbonyl (C=O) groups excluding carboxylic acids is 3. The second-order valence-corrected chi connectivity index (χ2v) is 10.1. The van der Waals surface area contributed by atoms with Crippen LogP contribution in [0, 0.1) is 5.92 Å². The van der Waals surface area contributed by atoms with Gasteiger partial charge in [0.2, 0.25) is 23.6 Å². The number of methoxy groups -OCH3 is 1. The fraction of sp³-hybridized carbons (Fsp3) is 0.440. The highest BCUT2D eigenvalue weighted by Gasteiger charge is 2.51. The molecule has 0 radical (unpaired) electrons. The van der Waals surface area contributed by atoms with Gasteiger partial charge in [0, 0.05) is 44.0 Å². The highest BCUT2D eigenvalue weighted by molar-refractivity contribution is 5.98. The monoisotopic (exact) mass is 599 g/mol. The van der Waals surface area contributed by atoms with Crippen molar-refractivity contribution in [2.75, 3.05) is 25.5 Å². The normalized spacial score (nSPS) is 20.3. The van der Waals surface area contributed by atoms with Gasteiger partial charge in [0.25, 0.3) is 5.91 Å². The van der Waals surface area contributed by atoms with Gasteiger partial charge in [0.05, 0.1) is 31.0 Å². The van der Waals surface area contributed by atoms with Crippen molar-refractivity contribution in [1.29, 1.82) is 0 Å². The average Bonchev–Trinajstić information content (AvgIpc) is 3.47. The Balaban J connectivity index is 1.44. The van der Waals surface area contributed by atoms with Crippen molar-refractivity contribution in [1.82, 2.24) is 29.8 Å². The van der Waals surface area contributed by atoms with Gasteiger partial charge in [-0.1, -0.05) is 0 Å². The molecule has 0 bridgehead atoms. The van der Waals surface area contributed by atoms with Crippen LogP contribution in [-0.4, -0.2) is 80.5 Å². The van der Waals surface area contributed by atoms with Crippen molar-refractivity contribution in [2.24, 2.45) is 5.92 Å². The quantitative estimate of drug-likeness (QED) is 0.417. The van der Waals surface area contributed by atoms with E-state index in [-0.39, 0.29) is 29.2 Å². The summed E-state index contributed by atoms with van der Waals surface area (Å²) >= 11 is 0. The number of fused-ring (bicyclic) bond motifs is 1. The molecule has 1 aliphatic carbocycles. The Hall–Kier alpha value is -4.44. The van der Waals surface area contributed by atoms with E-state index in [0.717, 1.165) is 34.9 Å². The molecule has 2 unspecified atom stereocenters. The molecule has 3 aromatic heterocycles. The lowest BCUT2D eigenvalue weighted by atomic mass is 9.80. The van der Waals surface area contributed by atoms with Gasteiger partial charge in [-0.15, -0.1) is 0 Å². The maximum atomic E-state index is 14.8. The van der Waals surface area contributed by atoms with E-state index in [0.29, 0.717) is 0 Å². The Morgan fingerprint density at radius 2 is 1.83 bits per heavy atom. The molecule has 42 heavy (non-hydrogen) atoms. The lowest BCUT2D eigenvalue weighted by molar-refractivity contribution is -0.159. The summed E-state index contributed by atoms with van der Waals surface area (Å²) in [5.74, 6) is -6.65. The molecule has 2 aliphatic rings. The molecule has 2 N–H and O–H groups in total. The lowest BCUT2D eigenvalue weighted by Crippen LogP contribution is -2.47. The molecule has 1 aliphatic heterocycles. The number of hydrogen-bond acceptors (Lipinski definition) is 7. The highest BCUT2D eigenvalue weighted by atomic mass is 19.4. The van der Waals surface area contributed by atoms with Crippen LogP contribution in [0.25, 0.3) is 16.8 Å². The van der Waals surface area contributed by atoms with Gasteiger partial charge in [-0.05, 0) is 12.1 Å². The summed E-state index contributed by atoms with van der Waals surface area (Å²) in [5, 5.41) is 8.56. The minimum atomic E-state index is -4.88. The second kappa shape index (κ2) is 10.4. The van der Waals surface area contributed by atoms with E-state index in [2.05, 4.69) is 25.7 Å². The zero-order chi connectivity index (χ0) is 30.6. The summed E-state index contributed by atoms with van der Waals surface area (Å²) in [6.07, 6.45) is -5.74. The third-order valence-corrected chi connectivity index (χ3v) is 7.06. The number of hydrogen-bond donors (Lipinski definition) is 2. The van der Waals surface area contributed by atoms with Crippen LogP contribution < -0.4 is 15.4 Å². The van der Waals surface area contributed by atoms with Crippen LogP contribution in [0.1, 0.15) is 35.7 Å². The summed E-state index contributed by atoms with van der Waals surface area (Å²) in [7, 11) is 1.20. The van der Waals surface area contributed by atoms with Gasteiger partial charge in [-0.25, -0.2) is 27.7 Å². The van der Waals surface area contributed by atoms with Crippen LogP contribution in [0.4, 0.5) is 32.2 Å². The molecule has 2 atom stereocenters. The van der Waals surface area contributed by atoms with E-state index in [1.54, 1.807) is 0 Å². The lowest BCUT2D eigenvalue weighted by Gasteiger charge is -2.36. The summed E-state index contributed by atoms with van der Waals surface area (Å²) in [6.45, 7) is 0.444.